The molecule has 2 aliphatic rings. The molecule has 2 fully saturated rings. The lowest BCUT2D eigenvalue weighted by Crippen LogP contribution is -2.45. The number of likely N-dealkylation sites (tertiary alicyclic amines) is 1. The molecule has 0 amide bonds. The predicted molar refractivity (Wildman–Crippen MR) is 80.6 cm³/mol. The summed E-state index contributed by atoms with van der Waals surface area (Å²) < 4.78 is 0. The summed E-state index contributed by atoms with van der Waals surface area (Å²) >= 11 is 0. The number of hydrogen-bond acceptors (Lipinski definition) is 2. The van der Waals surface area contributed by atoms with Crippen LogP contribution in [0.5, 0.6) is 0 Å². The van der Waals surface area contributed by atoms with E-state index >= 15 is 0 Å². The third-order valence-corrected chi connectivity index (χ3v) is 4.97. The van der Waals surface area contributed by atoms with Gasteiger partial charge in [0.05, 0.1) is 0 Å². The van der Waals surface area contributed by atoms with Crippen LogP contribution in [0.15, 0.2) is 24.3 Å². The first-order valence-corrected chi connectivity index (χ1v) is 7.72. The first-order chi connectivity index (χ1) is 9.22. The van der Waals surface area contributed by atoms with E-state index in [9.17, 15) is 0 Å². The Morgan fingerprint density at radius 2 is 2.16 bits per heavy atom. The Labute approximate surface area is 117 Å². The van der Waals surface area contributed by atoms with Gasteiger partial charge in [-0.05, 0) is 57.7 Å². The third kappa shape index (κ3) is 3.01. The summed E-state index contributed by atoms with van der Waals surface area (Å²) in [5.74, 6) is 0.790. The van der Waals surface area contributed by atoms with Crippen molar-refractivity contribution in [3.8, 4) is 0 Å². The Hall–Kier alpha value is -0.860. The van der Waals surface area contributed by atoms with E-state index in [2.05, 4.69) is 48.5 Å². The van der Waals surface area contributed by atoms with Gasteiger partial charge >= 0.3 is 0 Å². The highest BCUT2D eigenvalue weighted by molar-refractivity contribution is 5.27. The highest BCUT2D eigenvalue weighted by atomic mass is 15.2. The topological polar surface area (TPSA) is 15.3 Å². The van der Waals surface area contributed by atoms with Gasteiger partial charge in [0.15, 0.2) is 0 Å². The van der Waals surface area contributed by atoms with E-state index in [0.717, 1.165) is 18.0 Å². The van der Waals surface area contributed by atoms with Gasteiger partial charge in [-0.15, -0.1) is 0 Å². The van der Waals surface area contributed by atoms with Crippen LogP contribution in [0.3, 0.4) is 0 Å². The van der Waals surface area contributed by atoms with E-state index in [1.807, 2.05) is 0 Å². The van der Waals surface area contributed by atoms with Gasteiger partial charge in [0.2, 0.25) is 0 Å². The van der Waals surface area contributed by atoms with Crippen molar-refractivity contribution in [1.82, 2.24) is 10.2 Å². The van der Waals surface area contributed by atoms with E-state index in [0.29, 0.717) is 0 Å². The van der Waals surface area contributed by atoms with Gasteiger partial charge in [-0.1, -0.05) is 29.8 Å². The van der Waals surface area contributed by atoms with Crippen molar-refractivity contribution in [2.24, 2.45) is 0 Å². The highest BCUT2D eigenvalue weighted by Crippen LogP contribution is 2.37. The molecule has 1 aromatic rings. The normalized spacial score (nSPS) is 31.4. The first-order valence-electron chi connectivity index (χ1n) is 7.72. The molecule has 1 aromatic carbocycles. The van der Waals surface area contributed by atoms with Gasteiger partial charge in [0.25, 0.3) is 0 Å². The van der Waals surface area contributed by atoms with Gasteiger partial charge in [-0.2, -0.15) is 0 Å². The molecule has 2 nitrogen and oxygen atoms in total. The van der Waals surface area contributed by atoms with E-state index in [1.54, 1.807) is 0 Å². The van der Waals surface area contributed by atoms with Crippen molar-refractivity contribution in [3.63, 3.8) is 0 Å². The maximum absolute atomic E-state index is 3.76. The largest absolute Gasteiger partial charge is 0.312 e. The van der Waals surface area contributed by atoms with Crippen LogP contribution in [0.4, 0.5) is 0 Å². The standard InChI is InChI=1S/C17H26N2/c1-13-5-3-6-14(9-13)15-10-16(11-15)18-12-17-7-4-8-19(17)2/h3,5-6,9,15-18H,4,7-8,10-12H2,1-2H3. The number of benzene rings is 1. The first kappa shape index (κ1) is 13.1. The minimum atomic E-state index is 0.750. The van der Waals surface area contributed by atoms with Crippen molar-refractivity contribution in [1.29, 1.82) is 0 Å². The fourth-order valence-corrected chi connectivity index (χ4v) is 3.52. The average Bonchev–Trinajstić information content (AvgIpc) is 2.73. The molecule has 2 heteroatoms. The predicted octanol–water partition coefficient (Wildman–Crippen LogP) is 2.92. The number of likely N-dealkylation sites (N-methyl/N-ethyl adjacent to an activating group) is 1. The molecule has 0 radical (unpaired) electrons. The minimum Gasteiger partial charge on any atom is -0.312 e. The molecule has 1 atom stereocenters. The van der Waals surface area contributed by atoms with Crippen LogP contribution in [-0.2, 0) is 0 Å². The smallest absolute Gasteiger partial charge is 0.0218 e. The Kier molecular flexibility index (Phi) is 3.90. The molecular formula is C17H26N2. The van der Waals surface area contributed by atoms with Crippen LogP contribution in [0.1, 0.15) is 42.7 Å². The van der Waals surface area contributed by atoms with Crippen molar-refractivity contribution < 1.29 is 0 Å². The molecule has 104 valence electrons. The Bertz CT molecular complexity index is 423. The van der Waals surface area contributed by atoms with Crippen molar-refractivity contribution >= 4 is 0 Å². The summed E-state index contributed by atoms with van der Waals surface area (Å²) in [4.78, 5) is 2.50. The zero-order valence-electron chi connectivity index (χ0n) is 12.2. The zero-order valence-corrected chi connectivity index (χ0v) is 12.2. The number of hydrogen-bond donors (Lipinski definition) is 1. The van der Waals surface area contributed by atoms with Crippen molar-refractivity contribution in [3.05, 3.63) is 35.4 Å². The molecule has 0 aromatic heterocycles. The highest BCUT2D eigenvalue weighted by Gasteiger charge is 2.31. The second-order valence-corrected chi connectivity index (χ2v) is 6.46. The summed E-state index contributed by atoms with van der Waals surface area (Å²) in [6, 6.07) is 10.6. The molecule has 1 saturated heterocycles. The quantitative estimate of drug-likeness (QED) is 0.893. The zero-order chi connectivity index (χ0) is 13.2. The number of aryl methyl sites for hydroxylation is 1. The van der Waals surface area contributed by atoms with Gasteiger partial charge in [-0.3, -0.25) is 0 Å². The number of nitrogens with one attached hydrogen (secondary N) is 1. The summed E-state index contributed by atoms with van der Waals surface area (Å²) in [6.07, 6.45) is 5.39. The van der Waals surface area contributed by atoms with Crippen LogP contribution in [0.2, 0.25) is 0 Å². The molecule has 19 heavy (non-hydrogen) atoms. The van der Waals surface area contributed by atoms with E-state index < -0.39 is 0 Å². The Balaban J connectivity index is 1.43. The lowest BCUT2D eigenvalue weighted by Gasteiger charge is -2.37. The number of nitrogens with zero attached hydrogens (tertiary/aromatic N) is 1. The van der Waals surface area contributed by atoms with Gasteiger partial charge in [0, 0.05) is 18.6 Å². The molecule has 1 heterocycles. The van der Waals surface area contributed by atoms with Crippen LogP contribution < -0.4 is 5.32 Å². The molecule has 1 unspecified atom stereocenters. The molecule has 1 N–H and O–H groups in total. The molecule has 1 aliphatic heterocycles. The minimum absolute atomic E-state index is 0.750. The number of rotatable bonds is 4. The molecule has 3 rings (SSSR count). The SMILES string of the molecule is Cc1cccc(C2CC(NCC3CCCN3C)C2)c1. The Morgan fingerprint density at radius 1 is 1.32 bits per heavy atom. The Morgan fingerprint density at radius 3 is 2.84 bits per heavy atom. The van der Waals surface area contributed by atoms with E-state index in [1.165, 1.54) is 49.9 Å². The second-order valence-electron chi connectivity index (χ2n) is 6.46. The van der Waals surface area contributed by atoms with E-state index in [-0.39, 0.29) is 0 Å². The average molecular weight is 258 g/mol. The second kappa shape index (κ2) is 5.64. The maximum Gasteiger partial charge on any atom is 0.0218 e. The summed E-state index contributed by atoms with van der Waals surface area (Å²) in [5.41, 5.74) is 2.93. The lowest BCUT2D eigenvalue weighted by molar-refractivity contribution is 0.245. The van der Waals surface area contributed by atoms with E-state index in [4.69, 9.17) is 0 Å². The summed E-state index contributed by atoms with van der Waals surface area (Å²) in [7, 11) is 2.26. The van der Waals surface area contributed by atoms with Crippen molar-refractivity contribution in [2.45, 2.75) is 50.6 Å². The lowest BCUT2D eigenvalue weighted by atomic mass is 9.75. The van der Waals surface area contributed by atoms with Crippen LogP contribution >= 0.6 is 0 Å². The van der Waals surface area contributed by atoms with Crippen LogP contribution in [0.25, 0.3) is 0 Å². The summed E-state index contributed by atoms with van der Waals surface area (Å²) in [5, 5.41) is 3.76. The molecule has 1 saturated carbocycles. The van der Waals surface area contributed by atoms with Crippen molar-refractivity contribution in [2.75, 3.05) is 20.1 Å². The third-order valence-electron chi connectivity index (χ3n) is 4.97. The fraction of sp³-hybridized carbons (Fsp3) is 0.647. The molecular weight excluding hydrogens is 232 g/mol. The maximum atomic E-state index is 3.76. The monoisotopic (exact) mass is 258 g/mol. The van der Waals surface area contributed by atoms with Gasteiger partial charge in [0.1, 0.15) is 0 Å². The molecule has 1 aliphatic carbocycles. The van der Waals surface area contributed by atoms with Gasteiger partial charge in [-0.25, -0.2) is 0 Å². The van der Waals surface area contributed by atoms with Crippen LogP contribution in [0, 0.1) is 6.92 Å². The fourth-order valence-electron chi connectivity index (χ4n) is 3.52. The van der Waals surface area contributed by atoms with Crippen LogP contribution in [-0.4, -0.2) is 37.1 Å². The summed E-state index contributed by atoms with van der Waals surface area (Å²) in [6.45, 7) is 4.65. The van der Waals surface area contributed by atoms with Gasteiger partial charge < -0.3 is 10.2 Å². The molecule has 0 bridgehead atoms. The molecule has 0 spiro atoms.